The van der Waals surface area contributed by atoms with Crippen LogP contribution in [0, 0.1) is 5.92 Å². The van der Waals surface area contributed by atoms with Crippen LogP contribution in [0.3, 0.4) is 0 Å². The minimum absolute atomic E-state index is 0.0805. The van der Waals surface area contributed by atoms with Gasteiger partial charge in [0.05, 0.1) is 29.8 Å². The van der Waals surface area contributed by atoms with Crippen molar-refractivity contribution in [1.82, 2.24) is 5.32 Å². The molecule has 1 aromatic carbocycles. The summed E-state index contributed by atoms with van der Waals surface area (Å²) < 4.78 is 39.1. The molecule has 2 atom stereocenters. The molecule has 0 saturated heterocycles. The number of amides is 1. The number of nitrogens with one attached hydrogen (secondary N) is 2. The molecule has 2 unspecified atom stereocenters. The van der Waals surface area contributed by atoms with E-state index in [1.165, 1.54) is 6.07 Å². The first-order chi connectivity index (χ1) is 13.0. The number of Topliss-reactive ketones (excluding diaryl/α,β-unsaturated/α-hetero) is 1. The van der Waals surface area contributed by atoms with Gasteiger partial charge in [0.1, 0.15) is 6.29 Å². The monoisotopic (exact) mass is 402 g/mol. The summed E-state index contributed by atoms with van der Waals surface area (Å²) in [5.41, 5.74) is -1.68. The molecule has 0 aromatic heterocycles. The van der Waals surface area contributed by atoms with Crippen LogP contribution in [-0.2, 0) is 25.4 Å². The molecule has 3 N–H and O–H groups in total. The number of carboxylic acids is 1. The highest BCUT2D eigenvalue weighted by molar-refractivity contribution is 6.42. The summed E-state index contributed by atoms with van der Waals surface area (Å²) in [6, 6.07) is 1.74. The summed E-state index contributed by atoms with van der Waals surface area (Å²) in [7, 11) is 0. The Morgan fingerprint density at radius 2 is 1.79 bits per heavy atom. The quantitative estimate of drug-likeness (QED) is 0.409. The number of para-hydroxylation sites is 1. The van der Waals surface area contributed by atoms with E-state index in [4.69, 9.17) is 5.11 Å². The Bertz CT molecular complexity index is 734. The predicted molar refractivity (Wildman–Crippen MR) is 93.6 cm³/mol. The Balaban J connectivity index is 3.01. The average Bonchev–Trinajstić information content (AvgIpc) is 2.58. The van der Waals surface area contributed by atoms with Crippen molar-refractivity contribution in [3.05, 3.63) is 29.8 Å². The fraction of sp³-hybridized carbons (Fsp3) is 0.444. The van der Waals surface area contributed by atoms with E-state index in [0.29, 0.717) is 6.29 Å². The van der Waals surface area contributed by atoms with E-state index in [-0.39, 0.29) is 12.3 Å². The normalized spacial score (nSPS) is 13.6. The van der Waals surface area contributed by atoms with Gasteiger partial charge in [0, 0.05) is 0 Å². The number of anilines is 1. The lowest BCUT2D eigenvalue weighted by atomic mass is 9.98. The van der Waals surface area contributed by atoms with Crippen LogP contribution in [0.4, 0.5) is 18.9 Å². The van der Waals surface area contributed by atoms with Crippen molar-refractivity contribution in [2.24, 2.45) is 5.92 Å². The largest absolute Gasteiger partial charge is 0.481 e. The second-order valence-electron chi connectivity index (χ2n) is 6.55. The second-order valence-corrected chi connectivity index (χ2v) is 6.55. The summed E-state index contributed by atoms with van der Waals surface area (Å²) >= 11 is 0. The zero-order valence-electron chi connectivity index (χ0n) is 15.2. The lowest BCUT2D eigenvalue weighted by Crippen LogP contribution is -2.49. The molecule has 0 bridgehead atoms. The van der Waals surface area contributed by atoms with Crippen LogP contribution in [0.5, 0.6) is 0 Å². The summed E-state index contributed by atoms with van der Waals surface area (Å²) in [5.74, 6) is -3.80. The summed E-state index contributed by atoms with van der Waals surface area (Å²) in [6.45, 7) is 3.46. The number of rotatable bonds is 10. The number of carbonyl (C=O) groups excluding carboxylic acids is 3. The van der Waals surface area contributed by atoms with Gasteiger partial charge in [-0.1, -0.05) is 26.0 Å². The molecule has 0 radical (unpaired) electrons. The topological polar surface area (TPSA) is 113 Å². The van der Waals surface area contributed by atoms with Gasteiger partial charge in [-0.25, -0.2) is 0 Å². The molecule has 0 heterocycles. The van der Waals surface area contributed by atoms with Crippen LogP contribution in [0.15, 0.2) is 24.3 Å². The number of carboxylic acid groups (broad SMARTS) is 1. The highest BCUT2D eigenvalue weighted by Gasteiger charge is 2.35. The third kappa shape index (κ3) is 7.10. The van der Waals surface area contributed by atoms with Gasteiger partial charge in [0.2, 0.25) is 5.78 Å². The molecule has 0 aliphatic rings. The zero-order valence-corrected chi connectivity index (χ0v) is 15.2. The summed E-state index contributed by atoms with van der Waals surface area (Å²) in [5, 5.41) is 13.2. The van der Waals surface area contributed by atoms with Gasteiger partial charge in [0.15, 0.2) is 0 Å². The van der Waals surface area contributed by atoms with Crippen molar-refractivity contribution in [2.45, 2.75) is 44.9 Å². The number of hydrogen-bond donors (Lipinski definition) is 3. The summed E-state index contributed by atoms with van der Waals surface area (Å²) in [4.78, 5) is 46.5. The van der Waals surface area contributed by atoms with Gasteiger partial charge in [0.25, 0.3) is 5.91 Å². The first kappa shape index (κ1) is 23.3. The first-order valence-corrected chi connectivity index (χ1v) is 8.40. The standard InChI is InChI=1S/C18H21F3N2O5/c1-10(2)7-14(22-11(9-24)8-15(25)26)16(27)17(28)23-13-6-4-3-5-12(13)18(19,20)21/h3-6,9-11,14,22H,7-8H2,1-2H3,(H,23,28)(H,25,26). The van der Waals surface area contributed by atoms with Gasteiger partial charge < -0.3 is 15.2 Å². The Labute approximate surface area is 159 Å². The minimum Gasteiger partial charge on any atom is -0.481 e. The number of alkyl halides is 3. The van der Waals surface area contributed by atoms with E-state index in [1.54, 1.807) is 13.8 Å². The molecule has 10 heteroatoms. The highest BCUT2D eigenvalue weighted by Crippen LogP contribution is 2.34. The fourth-order valence-corrected chi connectivity index (χ4v) is 2.50. The van der Waals surface area contributed by atoms with Gasteiger partial charge >= 0.3 is 12.1 Å². The molecule has 0 spiro atoms. The van der Waals surface area contributed by atoms with E-state index >= 15 is 0 Å². The SMILES string of the molecule is CC(C)CC(NC(C=O)CC(=O)O)C(=O)C(=O)Nc1ccccc1C(F)(F)F. The van der Waals surface area contributed by atoms with Crippen molar-refractivity contribution >= 4 is 29.6 Å². The molecular formula is C18H21F3N2O5. The maximum absolute atomic E-state index is 13.0. The molecule has 0 fully saturated rings. The maximum Gasteiger partial charge on any atom is 0.418 e. The van der Waals surface area contributed by atoms with Crippen LogP contribution in [0.25, 0.3) is 0 Å². The van der Waals surface area contributed by atoms with Gasteiger partial charge in [-0.3, -0.25) is 19.7 Å². The van der Waals surface area contributed by atoms with Crippen LogP contribution in [-0.4, -0.2) is 41.1 Å². The van der Waals surface area contributed by atoms with Crippen molar-refractivity contribution in [2.75, 3.05) is 5.32 Å². The second kappa shape index (κ2) is 9.98. The third-order valence-corrected chi connectivity index (χ3v) is 3.70. The molecule has 0 aliphatic heterocycles. The molecule has 1 rings (SSSR count). The Kier molecular flexibility index (Phi) is 8.30. The van der Waals surface area contributed by atoms with Crippen LogP contribution in [0.1, 0.15) is 32.3 Å². The van der Waals surface area contributed by atoms with Crippen LogP contribution < -0.4 is 10.6 Å². The van der Waals surface area contributed by atoms with Crippen molar-refractivity contribution in [3.63, 3.8) is 0 Å². The average molecular weight is 402 g/mol. The van der Waals surface area contributed by atoms with Gasteiger partial charge in [-0.2, -0.15) is 13.2 Å². The lowest BCUT2D eigenvalue weighted by molar-refractivity contribution is -0.139. The molecule has 154 valence electrons. The number of aliphatic carboxylic acids is 1. The Hall–Kier alpha value is -2.75. The maximum atomic E-state index is 13.0. The van der Waals surface area contributed by atoms with E-state index in [2.05, 4.69) is 5.32 Å². The molecule has 1 amide bonds. The number of ketones is 1. The van der Waals surface area contributed by atoms with E-state index in [9.17, 15) is 32.3 Å². The summed E-state index contributed by atoms with van der Waals surface area (Å²) in [6.07, 6.45) is -4.96. The number of benzene rings is 1. The van der Waals surface area contributed by atoms with Gasteiger partial charge in [-0.15, -0.1) is 0 Å². The van der Waals surface area contributed by atoms with Gasteiger partial charge in [-0.05, 0) is 24.5 Å². The lowest BCUT2D eigenvalue weighted by Gasteiger charge is -2.22. The number of halogens is 3. The van der Waals surface area contributed by atoms with E-state index in [1.807, 2.05) is 5.32 Å². The van der Waals surface area contributed by atoms with E-state index < -0.39 is 53.6 Å². The minimum atomic E-state index is -4.73. The Morgan fingerprint density at radius 1 is 1.18 bits per heavy atom. The number of carbonyl (C=O) groups is 4. The fourth-order valence-electron chi connectivity index (χ4n) is 2.50. The molecule has 28 heavy (non-hydrogen) atoms. The van der Waals surface area contributed by atoms with Crippen LogP contribution >= 0.6 is 0 Å². The Morgan fingerprint density at radius 3 is 2.29 bits per heavy atom. The van der Waals surface area contributed by atoms with E-state index in [0.717, 1.165) is 18.2 Å². The first-order valence-electron chi connectivity index (χ1n) is 8.40. The molecule has 1 aromatic rings. The number of hydrogen-bond acceptors (Lipinski definition) is 5. The van der Waals surface area contributed by atoms with Crippen molar-refractivity contribution in [3.8, 4) is 0 Å². The smallest absolute Gasteiger partial charge is 0.418 e. The third-order valence-electron chi connectivity index (χ3n) is 3.70. The molecule has 0 saturated carbocycles. The van der Waals surface area contributed by atoms with Crippen molar-refractivity contribution in [1.29, 1.82) is 0 Å². The van der Waals surface area contributed by atoms with Crippen LogP contribution in [0.2, 0.25) is 0 Å². The molecule has 7 nitrogen and oxygen atoms in total. The predicted octanol–water partition coefficient (Wildman–Crippen LogP) is 2.26. The number of aldehydes is 1. The highest BCUT2D eigenvalue weighted by atomic mass is 19.4. The molecular weight excluding hydrogens is 381 g/mol. The molecule has 0 aliphatic carbocycles. The van der Waals surface area contributed by atoms with Crippen molar-refractivity contribution < 1.29 is 37.5 Å². The zero-order chi connectivity index (χ0) is 21.5.